The first kappa shape index (κ1) is 15.6. The molecule has 1 saturated heterocycles. The molecule has 0 bridgehead atoms. The van der Waals surface area contributed by atoms with E-state index in [-0.39, 0.29) is 17.9 Å². The predicted molar refractivity (Wildman–Crippen MR) is 77.0 cm³/mol. The van der Waals surface area contributed by atoms with Crippen LogP contribution in [0.2, 0.25) is 0 Å². The molecule has 1 fully saturated rings. The van der Waals surface area contributed by atoms with Gasteiger partial charge in [-0.15, -0.1) is 0 Å². The van der Waals surface area contributed by atoms with Crippen molar-refractivity contribution < 1.29 is 18.7 Å². The number of esters is 1. The van der Waals surface area contributed by atoms with Crippen molar-refractivity contribution in [2.45, 2.75) is 26.3 Å². The normalized spacial score (nSPS) is 19.6. The van der Waals surface area contributed by atoms with Crippen LogP contribution in [0.3, 0.4) is 0 Å². The summed E-state index contributed by atoms with van der Waals surface area (Å²) >= 11 is 0. The molecule has 1 aliphatic rings. The van der Waals surface area contributed by atoms with Crippen LogP contribution in [0.4, 0.5) is 0 Å². The van der Waals surface area contributed by atoms with Crippen LogP contribution in [0, 0.1) is 6.92 Å². The summed E-state index contributed by atoms with van der Waals surface area (Å²) in [7, 11) is 1.40. The van der Waals surface area contributed by atoms with Gasteiger partial charge >= 0.3 is 5.97 Å². The van der Waals surface area contributed by atoms with E-state index in [1.807, 2.05) is 18.7 Å². The zero-order chi connectivity index (χ0) is 15.4. The van der Waals surface area contributed by atoms with Crippen molar-refractivity contribution in [3.63, 3.8) is 0 Å². The molecule has 1 aromatic rings. The number of hydrogen-bond donors (Lipinski definition) is 0. The predicted octanol–water partition coefficient (Wildman–Crippen LogP) is 1.30. The van der Waals surface area contributed by atoms with Crippen LogP contribution < -0.4 is 0 Å². The molecular formula is C15H22N2O4. The minimum Gasteiger partial charge on any atom is -0.469 e. The van der Waals surface area contributed by atoms with Crippen molar-refractivity contribution in [1.29, 1.82) is 0 Å². The van der Waals surface area contributed by atoms with Gasteiger partial charge in [-0.3, -0.25) is 14.5 Å². The molecule has 1 atom stereocenters. The van der Waals surface area contributed by atoms with E-state index in [0.29, 0.717) is 25.3 Å². The summed E-state index contributed by atoms with van der Waals surface area (Å²) < 4.78 is 9.93. The third-order valence-electron chi connectivity index (χ3n) is 3.89. The maximum Gasteiger partial charge on any atom is 0.306 e. The fourth-order valence-corrected chi connectivity index (χ4v) is 2.61. The standard InChI is InChI=1S/C15H22N2O4/c1-11-5-9-21-14(11)15(19)17-8-7-16(10-12(17)2)6-4-13(18)20-3/h5,9,12H,4,6-8,10H2,1-3H3/t12-/m1/s1. The highest BCUT2D eigenvalue weighted by molar-refractivity contribution is 5.93. The Hall–Kier alpha value is -1.82. The lowest BCUT2D eigenvalue weighted by atomic mass is 10.1. The van der Waals surface area contributed by atoms with Crippen LogP contribution in [0.25, 0.3) is 0 Å². The lowest BCUT2D eigenvalue weighted by Gasteiger charge is -2.39. The molecule has 0 unspecified atom stereocenters. The number of piperazine rings is 1. The van der Waals surface area contributed by atoms with Gasteiger partial charge in [-0.2, -0.15) is 0 Å². The van der Waals surface area contributed by atoms with Gasteiger partial charge in [0.05, 0.1) is 19.8 Å². The van der Waals surface area contributed by atoms with E-state index in [4.69, 9.17) is 4.42 Å². The first-order valence-electron chi connectivity index (χ1n) is 7.17. The first-order valence-corrected chi connectivity index (χ1v) is 7.17. The Morgan fingerprint density at radius 2 is 2.19 bits per heavy atom. The molecule has 2 heterocycles. The smallest absolute Gasteiger partial charge is 0.306 e. The number of furan rings is 1. The highest BCUT2D eigenvalue weighted by atomic mass is 16.5. The minimum atomic E-state index is -0.202. The summed E-state index contributed by atoms with van der Waals surface area (Å²) in [6, 6.07) is 1.89. The maximum absolute atomic E-state index is 12.5. The van der Waals surface area contributed by atoms with E-state index in [9.17, 15) is 9.59 Å². The molecule has 0 N–H and O–H groups in total. The number of aryl methyl sites for hydroxylation is 1. The number of ether oxygens (including phenoxy) is 1. The lowest BCUT2D eigenvalue weighted by molar-refractivity contribution is -0.141. The van der Waals surface area contributed by atoms with Crippen molar-refractivity contribution in [3.05, 3.63) is 23.7 Å². The molecule has 0 saturated carbocycles. The molecule has 0 radical (unpaired) electrons. The molecule has 6 nitrogen and oxygen atoms in total. The molecule has 6 heteroatoms. The van der Waals surface area contributed by atoms with Gasteiger partial charge in [0.15, 0.2) is 5.76 Å². The van der Waals surface area contributed by atoms with Crippen molar-refractivity contribution in [3.8, 4) is 0 Å². The van der Waals surface area contributed by atoms with Crippen molar-refractivity contribution in [1.82, 2.24) is 9.80 Å². The molecule has 1 aliphatic heterocycles. The van der Waals surface area contributed by atoms with Crippen LogP contribution in [0.1, 0.15) is 29.5 Å². The SMILES string of the molecule is COC(=O)CCN1CCN(C(=O)c2occc2C)[C@H](C)C1. The summed E-state index contributed by atoms with van der Waals surface area (Å²) in [5, 5.41) is 0. The van der Waals surface area contributed by atoms with Gasteiger partial charge in [-0.05, 0) is 19.9 Å². The molecular weight excluding hydrogens is 272 g/mol. The number of hydrogen-bond acceptors (Lipinski definition) is 5. The summed E-state index contributed by atoms with van der Waals surface area (Å²) in [5.41, 5.74) is 0.861. The van der Waals surface area contributed by atoms with Gasteiger partial charge in [-0.1, -0.05) is 0 Å². The summed E-state index contributed by atoms with van der Waals surface area (Å²) in [5.74, 6) is 0.162. The van der Waals surface area contributed by atoms with Crippen LogP contribution >= 0.6 is 0 Å². The highest BCUT2D eigenvalue weighted by Gasteiger charge is 2.30. The van der Waals surface area contributed by atoms with Gasteiger partial charge in [-0.25, -0.2) is 0 Å². The molecule has 21 heavy (non-hydrogen) atoms. The second kappa shape index (κ2) is 6.76. The fourth-order valence-electron chi connectivity index (χ4n) is 2.61. The van der Waals surface area contributed by atoms with Crippen LogP contribution in [0.15, 0.2) is 16.7 Å². The van der Waals surface area contributed by atoms with Crippen LogP contribution in [-0.2, 0) is 9.53 Å². The van der Waals surface area contributed by atoms with Crippen LogP contribution in [-0.4, -0.2) is 61.0 Å². The Labute approximate surface area is 124 Å². The average molecular weight is 294 g/mol. The van der Waals surface area contributed by atoms with Gasteiger partial charge in [0.1, 0.15) is 0 Å². The van der Waals surface area contributed by atoms with E-state index >= 15 is 0 Å². The largest absolute Gasteiger partial charge is 0.469 e. The number of rotatable bonds is 4. The van der Waals surface area contributed by atoms with E-state index in [2.05, 4.69) is 9.64 Å². The Balaban J connectivity index is 1.91. The second-order valence-corrected chi connectivity index (χ2v) is 5.41. The van der Waals surface area contributed by atoms with E-state index in [0.717, 1.165) is 18.7 Å². The van der Waals surface area contributed by atoms with Crippen molar-refractivity contribution >= 4 is 11.9 Å². The highest BCUT2D eigenvalue weighted by Crippen LogP contribution is 2.17. The monoisotopic (exact) mass is 294 g/mol. The van der Waals surface area contributed by atoms with E-state index in [1.165, 1.54) is 7.11 Å². The van der Waals surface area contributed by atoms with Gasteiger partial charge < -0.3 is 14.1 Å². The summed E-state index contributed by atoms with van der Waals surface area (Å²) in [6.45, 7) is 6.70. The number of methoxy groups -OCH3 is 1. The average Bonchev–Trinajstić information content (AvgIpc) is 2.90. The molecule has 0 aliphatic carbocycles. The molecule has 0 spiro atoms. The van der Waals surface area contributed by atoms with E-state index < -0.39 is 0 Å². The molecule has 0 aromatic carbocycles. The molecule has 1 aromatic heterocycles. The number of nitrogens with zero attached hydrogens (tertiary/aromatic N) is 2. The van der Waals surface area contributed by atoms with Gasteiger partial charge in [0.2, 0.25) is 0 Å². The third kappa shape index (κ3) is 3.64. The zero-order valence-corrected chi connectivity index (χ0v) is 12.8. The first-order chi connectivity index (χ1) is 10.0. The van der Waals surface area contributed by atoms with Crippen LogP contribution in [0.5, 0.6) is 0 Å². The summed E-state index contributed by atoms with van der Waals surface area (Å²) in [6.07, 6.45) is 1.92. The molecule has 116 valence electrons. The molecule has 2 rings (SSSR count). The topological polar surface area (TPSA) is 63.0 Å². The van der Waals surface area contributed by atoms with E-state index in [1.54, 1.807) is 12.3 Å². The van der Waals surface area contributed by atoms with Crippen molar-refractivity contribution in [2.24, 2.45) is 0 Å². The Bertz CT molecular complexity index is 512. The molecule has 1 amide bonds. The van der Waals surface area contributed by atoms with Crippen molar-refractivity contribution in [2.75, 3.05) is 33.3 Å². The lowest BCUT2D eigenvalue weighted by Crippen LogP contribution is -2.54. The maximum atomic E-state index is 12.5. The van der Waals surface area contributed by atoms with Gasteiger partial charge in [0, 0.05) is 37.8 Å². The number of carbonyl (C=O) groups is 2. The minimum absolute atomic E-state index is 0.0578. The number of amides is 1. The quantitative estimate of drug-likeness (QED) is 0.783. The third-order valence-corrected chi connectivity index (χ3v) is 3.89. The number of carbonyl (C=O) groups excluding carboxylic acids is 2. The Kier molecular flexibility index (Phi) is 5.01. The zero-order valence-electron chi connectivity index (χ0n) is 12.8. The second-order valence-electron chi connectivity index (χ2n) is 5.41. The summed E-state index contributed by atoms with van der Waals surface area (Å²) in [4.78, 5) is 27.6. The Morgan fingerprint density at radius 3 is 2.76 bits per heavy atom. The fraction of sp³-hybridized carbons (Fsp3) is 0.600. The van der Waals surface area contributed by atoms with Gasteiger partial charge in [0.25, 0.3) is 5.91 Å². The Morgan fingerprint density at radius 1 is 1.43 bits per heavy atom.